The highest BCUT2D eigenvalue weighted by molar-refractivity contribution is 9.11. The van der Waals surface area contributed by atoms with E-state index in [1.165, 1.54) is 31.4 Å². The molecule has 1 amide bonds. The number of rotatable bonds is 6. The Bertz CT molecular complexity index is 844. The fourth-order valence-corrected chi connectivity index (χ4v) is 3.92. The molecule has 2 aromatic carbocycles. The number of hydrogen-bond acceptors (Lipinski definition) is 3. The van der Waals surface area contributed by atoms with Crippen LogP contribution in [0, 0.1) is 11.8 Å². The Morgan fingerprint density at radius 3 is 2.52 bits per heavy atom. The Morgan fingerprint density at radius 2 is 1.84 bits per heavy atom. The smallest absolute Gasteiger partial charge is 0.277 e. The molecule has 0 spiro atoms. The molecule has 6 heteroatoms. The van der Waals surface area contributed by atoms with Crippen molar-refractivity contribution in [3.8, 4) is 5.75 Å². The SMILES string of the molecule is O=C(COc1ccc2cc(Br)ccc2c1Br)NN=C(C1CC1)C1CC1. The van der Waals surface area contributed by atoms with Crippen molar-refractivity contribution < 1.29 is 9.53 Å². The van der Waals surface area contributed by atoms with E-state index in [9.17, 15) is 4.79 Å². The quantitative estimate of drug-likeness (QED) is 0.480. The minimum atomic E-state index is -0.221. The molecule has 130 valence electrons. The number of amides is 1. The molecule has 2 aromatic rings. The minimum absolute atomic E-state index is 0.0489. The van der Waals surface area contributed by atoms with Gasteiger partial charge in [0.2, 0.25) is 0 Å². The zero-order valence-corrected chi connectivity index (χ0v) is 16.8. The van der Waals surface area contributed by atoms with Gasteiger partial charge in [-0.05, 0) is 82.4 Å². The molecule has 0 atom stereocenters. The second-order valence-electron chi connectivity index (χ2n) is 6.65. The van der Waals surface area contributed by atoms with Crippen molar-refractivity contribution in [1.82, 2.24) is 5.43 Å². The number of nitrogens with zero attached hydrogens (tertiary/aromatic N) is 1. The van der Waals surface area contributed by atoms with Gasteiger partial charge in [-0.15, -0.1) is 0 Å². The van der Waals surface area contributed by atoms with Crippen LogP contribution in [0.25, 0.3) is 10.8 Å². The molecule has 0 aliphatic heterocycles. The maximum absolute atomic E-state index is 12.1. The topological polar surface area (TPSA) is 50.7 Å². The Balaban J connectivity index is 1.40. The number of fused-ring (bicyclic) bond motifs is 1. The van der Waals surface area contributed by atoms with Crippen LogP contribution in [0.15, 0.2) is 44.4 Å². The van der Waals surface area contributed by atoms with Gasteiger partial charge in [-0.25, -0.2) is 5.43 Å². The van der Waals surface area contributed by atoms with E-state index in [1.54, 1.807) is 0 Å². The second-order valence-corrected chi connectivity index (χ2v) is 8.36. The lowest BCUT2D eigenvalue weighted by Crippen LogP contribution is -2.26. The third kappa shape index (κ3) is 4.06. The molecule has 0 aromatic heterocycles. The molecule has 0 bridgehead atoms. The zero-order chi connectivity index (χ0) is 17.4. The van der Waals surface area contributed by atoms with Crippen molar-refractivity contribution in [2.24, 2.45) is 16.9 Å². The second kappa shape index (κ2) is 7.08. The number of hydrogen-bond donors (Lipinski definition) is 1. The standard InChI is InChI=1S/C19H18Br2N2O2/c20-14-6-7-15-13(9-14)5-8-16(18(15)21)25-10-17(24)22-23-19(11-1-2-11)12-3-4-12/h5-9,11-12H,1-4,10H2,(H,22,24). The predicted molar refractivity (Wildman–Crippen MR) is 106 cm³/mol. The van der Waals surface area contributed by atoms with E-state index in [1.807, 2.05) is 30.3 Å². The van der Waals surface area contributed by atoms with Gasteiger partial charge >= 0.3 is 0 Å². The van der Waals surface area contributed by atoms with Crippen LogP contribution in [0.1, 0.15) is 25.7 Å². The molecule has 2 saturated carbocycles. The first-order chi connectivity index (χ1) is 12.1. The molecule has 2 aliphatic rings. The summed E-state index contributed by atoms with van der Waals surface area (Å²) in [5.74, 6) is 1.63. The lowest BCUT2D eigenvalue weighted by molar-refractivity contribution is -0.123. The first kappa shape index (κ1) is 17.0. The number of hydrazone groups is 1. The van der Waals surface area contributed by atoms with E-state index < -0.39 is 0 Å². The maximum Gasteiger partial charge on any atom is 0.277 e. The number of halogens is 2. The van der Waals surface area contributed by atoms with Crippen LogP contribution >= 0.6 is 31.9 Å². The first-order valence-electron chi connectivity index (χ1n) is 8.48. The van der Waals surface area contributed by atoms with Crippen LogP contribution in [-0.4, -0.2) is 18.2 Å². The lowest BCUT2D eigenvalue weighted by atomic mass is 10.1. The van der Waals surface area contributed by atoms with Gasteiger partial charge in [-0.2, -0.15) is 5.10 Å². The van der Waals surface area contributed by atoms with Crippen molar-refractivity contribution in [2.45, 2.75) is 25.7 Å². The molecule has 25 heavy (non-hydrogen) atoms. The van der Waals surface area contributed by atoms with Crippen LogP contribution in [-0.2, 0) is 4.79 Å². The molecule has 0 heterocycles. The lowest BCUT2D eigenvalue weighted by Gasteiger charge is -2.10. The largest absolute Gasteiger partial charge is 0.483 e. The highest BCUT2D eigenvalue weighted by atomic mass is 79.9. The Kier molecular flexibility index (Phi) is 4.82. The summed E-state index contributed by atoms with van der Waals surface area (Å²) < 4.78 is 7.56. The number of nitrogens with one attached hydrogen (secondary N) is 1. The summed E-state index contributed by atoms with van der Waals surface area (Å²) in [7, 11) is 0. The molecule has 0 saturated heterocycles. The third-order valence-corrected chi connectivity index (χ3v) is 5.85. The number of carbonyl (C=O) groups is 1. The van der Waals surface area contributed by atoms with E-state index in [0.29, 0.717) is 17.6 Å². The average Bonchev–Trinajstić information content (AvgIpc) is 3.48. The molecule has 2 aliphatic carbocycles. The van der Waals surface area contributed by atoms with E-state index in [-0.39, 0.29) is 12.5 Å². The van der Waals surface area contributed by atoms with Crippen molar-refractivity contribution in [3.05, 3.63) is 39.3 Å². The van der Waals surface area contributed by atoms with Gasteiger partial charge in [0.05, 0.1) is 4.47 Å². The highest BCUT2D eigenvalue weighted by Crippen LogP contribution is 2.42. The summed E-state index contributed by atoms with van der Waals surface area (Å²) in [5.41, 5.74) is 3.85. The first-order valence-corrected chi connectivity index (χ1v) is 10.1. The van der Waals surface area contributed by atoms with Gasteiger partial charge < -0.3 is 4.74 Å². The Hall–Kier alpha value is -1.40. The molecule has 0 radical (unpaired) electrons. The monoisotopic (exact) mass is 464 g/mol. The van der Waals surface area contributed by atoms with Crippen molar-refractivity contribution >= 4 is 54.3 Å². The summed E-state index contributed by atoms with van der Waals surface area (Å²) in [6, 6.07) is 9.89. The molecule has 0 unspecified atom stereocenters. The van der Waals surface area contributed by atoms with Gasteiger partial charge in [0.1, 0.15) is 5.75 Å². The number of ether oxygens (including phenoxy) is 1. The average molecular weight is 466 g/mol. The Labute approximate surface area is 163 Å². The van der Waals surface area contributed by atoms with E-state index in [4.69, 9.17) is 4.74 Å². The third-order valence-electron chi connectivity index (χ3n) is 4.54. The highest BCUT2D eigenvalue weighted by Gasteiger charge is 2.38. The van der Waals surface area contributed by atoms with Crippen molar-refractivity contribution in [2.75, 3.05) is 6.61 Å². The molecular formula is C19H18Br2N2O2. The van der Waals surface area contributed by atoms with Gasteiger partial charge in [0.25, 0.3) is 5.91 Å². The van der Waals surface area contributed by atoms with E-state index >= 15 is 0 Å². The van der Waals surface area contributed by atoms with Crippen LogP contribution in [0.4, 0.5) is 0 Å². The number of benzene rings is 2. The van der Waals surface area contributed by atoms with Crippen LogP contribution in [0.5, 0.6) is 5.75 Å². The molecular weight excluding hydrogens is 448 g/mol. The summed E-state index contributed by atoms with van der Waals surface area (Å²) in [6.45, 7) is -0.0489. The summed E-state index contributed by atoms with van der Waals surface area (Å²) >= 11 is 7.05. The van der Waals surface area contributed by atoms with Gasteiger partial charge in [-0.3, -0.25) is 4.79 Å². The van der Waals surface area contributed by atoms with Crippen LogP contribution in [0.2, 0.25) is 0 Å². The summed E-state index contributed by atoms with van der Waals surface area (Å²) in [4.78, 5) is 12.1. The fourth-order valence-electron chi connectivity index (χ4n) is 2.93. The maximum atomic E-state index is 12.1. The molecule has 4 rings (SSSR count). The van der Waals surface area contributed by atoms with Crippen molar-refractivity contribution in [1.29, 1.82) is 0 Å². The summed E-state index contributed by atoms with van der Waals surface area (Å²) in [5, 5.41) is 6.51. The van der Waals surface area contributed by atoms with Gasteiger partial charge in [0, 0.05) is 10.2 Å². The normalized spacial score (nSPS) is 16.6. The fraction of sp³-hybridized carbons (Fsp3) is 0.368. The zero-order valence-electron chi connectivity index (χ0n) is 13.6. The van der Waals surface area contributed by atoms with Gasteiger partial charge in [0.15, 0.2) is 6.61 Å². The summed E-state index contributed by atoms with van der Waals surface area (Å²) in [6.07, 6.45) is 4.84. The minimum Gasteiger partial charge on any atom is -0.483 e. The van der Waals surface area contributed by atoms with E-state index in [2.05, 4.69) is 42.4 Å². The molecule has 1 N–H and O–H groups in total. The van der Waals surface area contributed by atoms with E-state index in [0.717, 1.165) is 19.7 Å². The Morgan fingerprint density at radius 1 is 1.12 bits per heavy atom. The van der Waals surface area contributed by atoms with Crippen LogP contribution in [0.3, 0.4) is 0 Å². The van der Waals surface area contributed by atoms with Gasteiger partial charge in [-0.1, -0.05) is 28.1 Å². The molecule has 4 nitrogen and oxygen atoms in total. The van der Waals surface area contributed by atoms with Crippen LogP contribution < -0.4 is 10.2 Å². The number of carbonyl (C=O) groups excluding carboxylic acids is 1. The predicted octanol–water partition coefficient (Wildman–Crippen LogP) is 5.04. The molecule has 2 fully saturated rings. The van der Waals surface area contributed by atoms with Crippen molar-refractivity contribution in [3.63, 3.8) is 0 Å².